The van der Waals surface area contributed by atoms with Crippen molar-refractivity contribution in [2.45, 2.75) is 31.7 Å². The van der Waals surface area contributed by atoms with Crippen molar-refractivity contribution >= 4 is 5.91 Å². The molecule has 0 unspecified atom stereocenters. The third kappa shape index (κ3) is 2.49. The van der Waals surface area contributed by atoms with Crippen LogP contribution in [-0.2, 0) is 4.79 Å². The number of likely N-dealkylation sites (tertiary alicyclic amines) is 1. The van der Waals surface area contributed by atoms with Gasteiger partial charge in [0, 0.05) is 6.04 Å². The van der Waals surface area contributed by atoms with Crippen molar-refractivity contribution < 1.29 is 4.79 Å². The Morgan fingerprint density at radius 3 is 2.60 bits per heavy atom. The van der Waals surface area contributed by atoms with Gasteiger partial charge in [-0.15, -0.1) is 0 Å². The van der Waals surface area contributed by atoms with E-state index in [2.05, 4.69) is 4.90 Å². The summed E-state index contributed by atoms with van der Waals surface area (Å²) in [6.07, 6.45) is 4.97. The first-order valence-corrected chi connectivity index (χ1v) is 5.94. The van der Waals surface area contributed by atoms with Crippen molar-refractivity contribution in [3.63, 3.8) is 0 Å². The highest BCUT2D eigenvalue weighted by molar-refractivity contribution is 5.76. The van der Waals surface area contributed by atoms with E-state index in [4.69, 9.17) is 11.5 Å². The molecule has 1 amide bonds. The highest BCUT2D eigenvalue weighted by Gasteiger charge is 2.41. The summed E-state index contributed by atoms with van der Waals surface area (Å²) < 4.78 is 0. The van der Waals surface area contributed by atoms with Crippen LogP contribution in [0.25, 0.3) is 0 Å². The first-order valence-electron chi connectivity index (χ1n) is 5.94. The summed E-state index contributed by atoms with van der Waals surface area (Å²) in [5.74, 6) is 1.14. The molecule has 1 saturated heterocycles. The van der Waals surface area contributed by atoms with E-state index in [0.717, 1.165) is 25.4 Å². The van der Waals surface area contributed by atoms with Gasteiger partial charge in [-0.25, -0.2) is 0 Å². The number of carbonyl (C=O) groups excluding carboxylic acids is 1. The predicted octanol–water partition coefficient (Wildman–Crippen LogP) is -0.0790. The molecule has 0 aromatic rings. The third-order valence-electron chi connectivity index (χ3n) is 3.69. The maximum absolute atomic E-state index is 11.0. The molecule has 4 N–H and O–H groups in total. The van der Waals surface area contributed by atoms with Crippen LogP contribution in [0.3, 0.4) is 0 Å². The topological polar surface area (TPSA) is 72.3 Å². The van der Waals surface area contributed by atoms with Crippen LogP contribution >= 0.6 is 0 Å². The number of nitrogens with zero attached hydrogens (tertiary/aromatic N) is 1. The van der Waals surface area contributed by atoms with E-state index < -0.39 is 0 Å². The summed E-state index contributed by atoms with van der Waals surface area (Å²) in [6.45, 7) is 2.18. The highest BCUT2D eigenvalue weighted by Crippen LogP contribution is 2.41. The van der Waals surface area contributed by atoms with E-state index in [0.29, 0.717) is 18.5 Å². The van der Waals surface area contributed by atoms with Gasteiger partial charge in [0.1, 0.15) is 0 Å². The van der Waals surface area contributed by atoms with Crippen LogP contribution in [0, 0.1) is 11.8 Å². The van der Waals surface area contributed by atoms with Crippen LogP contribution in [0.4, 0.5) is 0 Å². The van der Waals surface area contributed by atoms with Crippen LogP contribution in [0.2, 0.25) is 0 Å². The van der Waals surface area contributed by atoms with Gasteiger partial charge >= 0.3 is 0 Å². The lowest BCUT2D eigenvalue weighted by molar-refractivity contribution is -0.120. The molecule has 1 aliphatic carbocycles. The minimum atomic E-state index is -0.210. The lowest BCUT2D eigenvalue weighted by Gasteiger charge is -2.40. The molecule has 1 saturated carbocycles. The number of primary amides is 1. The molecule has 2 rings (SSSR count). The zero-order chi connectivity index (χ0) is 10.8. The molecule has 86 valence electrons. The molecule has 2 fully saturated rings. The van der Waals surface area contributed by atoms with E-state index in [9.17, 15) is 4.79 Å². The Balaban J connectivity index is 2.02. The molecule has 4 nitrogen and oxygen atoms in total. The predicted molar refractivity (Wildman–Crippen MR) is 59.1 cm³/mol. The smallest absolute Gasteiger partial charge is 0.231 e. The van der Waals surface area contributed by atoms with E-state index in [-0.39, 0.29) is 5.91 Å². The van der Waals surface area contributed by atoms with Gasteiger partial charge in [0.2, 0.25) is 5.91 Å². The van der Waals surface area contributed by atoms with Crippen molar-refractivity contribution in [3.8, 4) is 0 Å². The fourth-order valence-electron chi connectivity index (χ4n) is 2.94. The lowest BCUT2D eigenvalue weighted by Crippen LogP contribution is -2.51. The summed E-state index contributed by atoms with van der Waals surface area (Å²) in [5, 5.41) is 0. The molecule has 4 heteroatoms. The SMILES string of the molecule is NC[C@H]1CCCN(CC(N)=O)[C@@H]1C1CC1. The molecule has 0 bridgehead atoms. The minimum absolute atomic E-state index is 0.210. The number of hydrogen-bond acceptors (Lipinski definition) is 3. The van der Waals surface area contributed by atoms with Gasteiger partial charge in [-0.3, -0.25) is 9.69 Å². The third-order valence-corrected chi connectivity index (χ3v) is 3.69. The van der Waals surface area contributed by atoms with E-state index in [1.807, 2.05) is 0 Å². The molecule has 15 heavy (non-hydrogen) atoms. The summed E-state index contributed by atoms with van der Waals surface area (Å²) >= 11 is 0. The van der Waals surface area contributed by atoms with Crippen molar-refractivity contribution in [2.24, 2.45) is 23.3 Å². The van der Waals surface area contributed by atoms with Crippen LogP contribution < -0.4 is 11.5 Å². The average molecular weight is 211 g/mol. The molecular weight excluding hydrogens is 190 g/mol. The quantitative estimate of drug-likeness (QED) is 0.683. The fourth-order valence-corrected chi connectivity index (χ4v) is 2.94. The van der Waals surface area contributed by atoms with Crippen molar-refractivity contribution in [1.82, 2.24) is 4.90 Å². The molecule has 0 radical (unpaired) electrons. The summed E-state index contributed by atoms with van der Waals surface area (Å²) in [4.78, 5) is 13.3. The standard InChI is InChI=1S/C11H21N3O/c12-6-9-2-1-5-14(7-10(13)15)11(9)8-3-4-8/h8-9,11H,1-7,12H2,(H2,13,15)/t9-,11-/m1/s1. The largest absolute Gasteiger partial charge is 0.369 e. The van der Waals surface area contributed by atoms with Gasteiger partial charge in [0.05, 0.1) is 6.54 Å². The second kappa shape index (κ2) is 4.49. The first-order chi connectivity index (χ1) is 7.22. The molecule has 0 aromatic heterocycles. The second-order valence-electron chi connectivity index (χ2n) is 4.90. The number of piperidine rings is 1. The number of amides is 1. The normalized spacial score (nSPS) is 32.9. The van der Waals surface area contributed by atoms with E-state index in [1.165, 1.54) is 19.3 Å². The van der Waals surface area contributed by atoms with Gasteiger partial charge in [-0.1, -0.05) is 0 Å². The Morgan fingerprint density at radius 2 is 2.07 bits per heavy atom. The fraction of sp³-hybridized carbons (Fsp3) is 0.909. The van der Waals surface area contributed by atoms with Crippen LogP contribution in [0.1, 0.15) is 25.7 Å². The van der Waals surface area contributed by atoms with Gasteiger partial charge in [-0.2, -0.15) is 0 Å². The zero-order valence-corrected chi connectivity index (χ0v) is 9.19. The Kier molecular flexibility index (Phi) is 3.26. The second-order valence-corrected chi connectivity index (χ2v) is 4.90. The summed E-state index contributed by atoms with van der Waals surface area (Å²) in [6, 6.07) is 0.524. The highest BCUT2D eigenvalue weighted by atomic mass is 16.1. The number of carbonyl (C=O) groups is 1. The van der Waals surface area contributed by atoms with Gasteiger partial charge in [-0.05, 0) is 50.6 Å². The van der Waals surface area contributed by atoms with Gasteiger partial charge in [0.15, 0.2) is 0 Å². The molecule has 1 heterocycles. The van der Waals surface area contributed by atoms with Gasteiger partial charge < -0.3 is 11.5 Å². The molecule has 2 atom stereocenters. The number of rotatable bonds is 4. The van der Waals surface area contributed by atoms with Crippen LogP contribution in [0.5, 0.6) is 0 Å². The Hall–Kier alpha value is -0.610. The molecular formula is C11H21N3O. The molecule has 2 aliphatic rings. The van der Waals surface area contributed by atoms with Crippen LogP contribution in [0.15, 0.2) is 0 Å². The molecule has 1 aliphatic heterocycles. The first kappa shape index (κ1) is 10.9. The lowest BCUT2D eigenvalue weighted by atomic mass is 9.86. The van der Waals surface area contributed by atoms with Crippen molar-refractivity contribution in [3.05, 3.63) is 0 Å². The van der Waals surface area contributed by atoms with Crippen molar-refractivity contribution in [2.75, 3.05) is 19.6 Å². The summed E-state index contributed by atoms with van der Waals surface area (Å²) in [7, 11) is 0. The van der Waals surface area contributed by atoms with Crippen LogP contribution in [-0.4, -0.2) is 36.5 Å². The minimum Gasteiger partial charge on any atom is -0.369 e. The molecule has 0 aromatic carbocycles. The summed E-state index contributed by atoms with van der Waals surface area (Å²) in [5.41, 5.74) is 11.1. The van der Waals surface area contributed by atoms with E-state index in [1.54, 1.807) is 0 Å². The van der Waals surface area contributed by atoms with E-state index >= 15 is 0 Å². The zero-order valence-electron chi connectivity index (χ0n) is 9.19. The number of hydrogen-bond donors (Lipinski definition) is 2. The Bertz CT molecular complexity index is 240. The monoisotopic (exact) mass is 211 g/mol. The Morgan fingerprint density at radius 1 is 1.33 bits per heavy atom. The average Bonchev–Trinajstić information content (AvgIpc) is 3.00. The van der Waals surface area contributed by atoms with Gasteiger partial charge in [0.25, 0.3) is 0 Å². The number of nitrogens with two attached hydrogens (primary N) is 2. The Labute approximate surface area is 91.0 Å². The maximum atomic E-state index is 11.0. The van der Waals surface area contributed by atoms with Crippen molar-refractivity contribution in [1.29, 1.82) is 0 Å². The molecule has 0 spiro atoms. The maximum Gasteiger partial charge on any atom is 0.231 e.